The minimum absolute atomic E-state index is 0.0731. The van der Waals surface area contributed by atoms with Crippen LogP contribution in [0, 0.1) is 0 Å². The van der Waals surface area contributed by atoms with Gasteiger partial charge in [-0.3, -0.25) is 9.59 Å². The predicted molar refractivity (Wildman–Crippen MR) is 96.9 cm³/mol. The van der Waals surface area contributed by atoms with E-state index in [0.717, 1.165) is 17.7 Å². The Hall–Kier alpha value is -2.82. The highest BCUT2D eigenvalue weighted by molar-refractivity contribution is 6.05. The highest BCUT2D eigenvalue weighted by Crippen LogP contribution is 2.29. The molecule has 1 aliphatic rings. The van der Waals surface area contributed by atoms with Gasteiger partial charge in [0.25, 0.3) is 11.8 Å². The van der Waals surface area contributed by atoms with Crippen LogP contribution in [-0.2, 0) is 11.2 Å². The molecule has 2 amide bonds. The molecule has 1 heterocycles. The monoisotopic (exact) mass is 338 g/mol. The van der Waals surface area contributed by atoms with Gasteiger partial charge in [-0.15, -0.1) is 0 Å². The molecule has 0 spiro atoms. The highest BCUT2D eigenvalue weighted by atomic mass is 16.5. The van der Waals surface area contributed by atoms with Gasteiger partial charge in [0.2, 0.25) is 0 Å². The number of anilines is 1. The average Bonchev–Trinajstić information content (AvgIpc) is 3.06. The molecule has 5 heteroatoms. The summed E-state index contributed by atoms with van der Waals surface area (Å²) in [7, 11) is 0. The minimum Gasteiger partial charge on any atom is -0.480 e. The Kier molecular flexibility index (Phi) is 5.03. The van der Waals surface area contributed by atoms with Crippen molar-refractivity contribution in [2.75, 3.05) is 5.32 Å². The van der Waals surface area contributed by atoms with Gasteiger partial charge in [-0.1, -0.05) is 37.3 Å². The largest absolute Gasteiger partial charge is 0.480 e. The van der Waals surface area contributed by atoms with Crippen molar-refractivity contribution in [3.05, 3.63) is 59.7 Å². The predicted octanol–water partition coefficient (Wildman–Crippen LogP) is 3.16. The zero-order valence-corrected chi connectivity index (χ0v) is 14.4. The third-order valence-corrected chi connectivity index (χ3v) is 4.36. The van der Waals surface area contributed by atoms with Gasteiger partial charge in [-0.25, -0.2) is 0 Å². The number of para-hydroxylation sites is 2. The SMILES string of the molecule is CCC(C)NC(=O)c1ccccc1NC(=O)C1Cc2ccccc2O1. The van der Waals surface area contributed by atoms with Gasteiger partial charge in [-0.2, -0.15) is 0 Å². The molecule has 0 saturated carbocycles. The Labute approximate surface area is 147 Å². The maximum Gasteiger partial charge on any atom is 0.265 e. The molecular weight excluding hydrogens is 316 g/mol. The summed E-state index contributed by atoms with van der Waals surface area (Å²) < 4.78 is 5.71. The first-order valence-corrected chi connectivity index (χ1v) is 8.53. The molecule has 2 N–H and O–H groups in total. The Morgan fingerprint density at radius 1 is 1.16 bits per heavy atom. The second-order valence-electron chi connectivity index (χ2n) is 6.24. The summed E-state index contributed by atoms with van der Waals surface area (Å²) in [5, 5.41) is 5.76. The number of carbonyl (C=O) groups excluding carboxylic acids is 2. The normalized spacial score (nSPS) is 16.5. The van der Waals surface area contributed by atoms with Crippen LogP contribution < -0.4 is 15.4 Å². The third kappa shape index (κ3) is 3.82. The highest BCUT2D eigenvalue weighted by Gasteiger charge is 2.29. The molecule has 2 aromatic rings. The molecule has 5 nitrogen and oxygen atoms in total. The number of rotatable bonds is 5. The van der Waals surface area contributed by atoms with E-state index in [2.05, 4.69) is 10.6 Å². The summed E-state index contributed by atoms with van der Waals surface area (Å²) in [6.07, 6.45) is 0.792. The molecule has 25 heavy (non-hydrogen) atoms. The van der Waals surface area contributed by atoms with E-state index in [1.54, 1.807) is 24.3 Å². The fourth-order valence-electron chi connectivity index (χ4n) is 2.74. The van der Waals surface area contributed by atoms with Gasteiger partial charge >= 0.3 is 0 Å². The molecule has 0 aliphatic carbocycles. The minimum atomic E-state index is -0.580. The first kappa shape index (κ1) is 17.0. The van der Waals surface area contributed by atoms with Crippen molar-refractivity contribution in [2.24, 2.45) is 0 Å². The van der Waals surface area contributed by atoms with Crippen LogP contribution in [0.4, 0.5) is 5.69 Å². The van der Waals surface area contributed by atoms with Crippen LogP contribution in [0.1, 0.15) is 36.2 Å². The van der Waals surface area contributed by atoms with Crippen molar-refractivity contribution >= 4 is 17.5 Å². The van der Waals surface area contributed by atoms with E-state index in [1.807, 2.05) is 38.1 Å². The Morgan fingerprint density at radius 3 is 2.64 bits per heavy atom. The number of hydrogen-bond donors (Lipinski definition) is 2. The number of benzene rings is 2. The Bertz CT molecular complexity index is 763. The van der Waals surface area contributed by atoms with E-state index < -0.39 is 6.10 Å². The van der Waals surface area contributed by atoms with Gasteiger partial charge in [0.05, 0.1) is 11.3 Å². The number of carbonyl (C=O) groups is 2. The Balaban J connectivity index is 1.71. The number of ether oxygens (including phenoxy) is 1. The molecule has 130 valence electrons. The molecule has 0 saturated heterocycles. The maximum atomic E-state index is 12.6. The van der Waals surface area contributed by atoms with Gasteiger partial charge in [0.15, 0.2) is 6.10 Å². The van der Waals surface area contributed by atoms with Gasteiger partial charge in [0.1, 0.15) is 5.75 Å². The van der Waals surface area contributed by atoms with Crippen molar-refractivity contribution in [3.63, 3.8) is 0 Å². The molecular formula is C20H22N2O3. The van der Waals surface area contributed by atoms with Crippen molar-refractivity contribution in [3.8, 4) is 5.75 Å². The number of hydrogen-bond acceptors (Lipinski definition) is 3. The van der Waals surface area contributed by atoms with Gasteiger partial charge in [-0.05, 0) is 37.1 Å². The molecule has 0 aromatic heterocycles. The van der Waals surface area contributed by atoms with Gasteiger partial charge in [0, 0.05) is 12.5 Å². The lowest BCUT2D eigenvalue weighted by Crippen LogP contribution is -2.34. The number of nitrogens with one attached hydrogen (secondary N) is 2. The van der Waals surface area contributed by atoms with Crippen LogP contribution in [0.25, 0.3) is 0 Å². The van der Waals surface area contributed by atoms with Crippen LogP contribution in [0.5, 0.6) is 5.75 Å². The van der Waals surface area contributed by atoms with Crippen LogP contribution in [0.3, 0.4) is 0 Å². The van der Waals surface area contributed by atoms with Crippen molar-refractivity contribution < 1.29 is 14.3 Å². The first-order valence-electron chi connectivity index (χ1n) is 8.53. The molecule has 1 aliphatic heterocycles. The lowest BCUT2D eigenvalue weighted by Gasteiger charge is -2.16. The van der Waals surface area contributed by atoms with Crippen molar-refractivity contribution in [1.82, 2.24) is 5.32 Å². The summed E-state index contributed by atoms with van der Waals surface area (Å²) in [4.78, 5) is 25.0. The van der Waals surface area contributed by atoms with E-state index in [4.69, 9.17) is 4.74 Å². The summed E-state index contributed by atoms with van der Waals surface area (Å²) in [6.45, 7) is 3.95. The molecule has 0 radical (unpaired) electrons. The summed E-state index contributed by atoms with van der Waals surface area (Å²) in [5.74, 6) is 0.298. The topological polar surface area (TPSA) is 67.4 Å². The maximum absolute atomic E-state index is 12.6. The summed E-state index contributed by atoms with van der Waals surface area (Å²) in [5.41, 5.74) is 1.96. The molecule has 0 fully saturated rings. The lowest BCUT2D eigenvalue weighted by molar-refractivity contribution is -0.122. The Morgan fingerprint density at radius 2 is 1.88 bits per heavy atom. The van der Waals surface area contributed by atoms with E-state index in [9.17, 15) is 9.59 Å². The van der Waals surface area contributed by atoms with Crippen LogP contribution in [0.2, 0.25) is 0 Å². The zero-order chi connectivity index (χ0) is 17.8. The average molecular weight is 338 g/mol. The fraction of sp³-hybridized carbons (Fsp3) is 0.300. The number of fused-ring (bicyclic) bond motifs is 1. The molecule has 2 atom stereocenters. The van der Waals surface area contributed by atoms with Gasteiger partial charge < -0.3 is 15.4 Å². The van der Waals surface area contributed by atoms with E-state index in [0.29, 0.717) is 17.7 Å². The van der Waals surface area contributed by atoms with Crippen LogP contribution >= 0.6 is 0 Å². The fourth-order valence-corrected chi connectivity index (χ4v) is 2.74. The lowest BCUT2D eigenvalue weighted by atomic mass is 10.1. The van der Waals surface area contributed by atoms with E-state index in [1.165, 1.54) is 0 Å². The molecule has 2 unspecified atom stereocenters. The molecule has 3 rings (SSSR count). The van der Waals surface area contributed by atoms with Crippen molar-refractivity contribution in [2.45, 2.75) is 38.8 Å². The smallest absolute Gasteiger partial charge is 0.265 e. The van der Waals surface area contributed by atoms with Crippen LogP contribution in [-0.4, -0.2) is 24.0 Å². The van der Waals surface area contributed by atoms with Crippen molar-refractivity contribution in [1.29, 1.82) is 0 Å². The first-order chi connectivity index (χ1) is 12.1. The van der Waals surface area contributed by atoms with Crippen LogP contribution in [0.15, 0.2) is 48.5 Å². The molecule has 0 bridgehead atoms. The zero-order valence-electron chi connectivity index (χ0n) is 14.4. The standard InChI is InChI=1S/C20H22N2O3/c1-3-13(2)21-19(23)15-9-5-6-10-16(15)22-20(24)18-12-14-8-4-7-11-17(14)25-18/h4-11,13,18H,3,12H2,1-2H3,(H,21,23)(H,22,24). The second kappa shape index (κ2) is 7.38. The quantitative estimate of drug-likeness (QED) is 0.880. The summed E-state index contributed by atoms with van der Waals surface area (Å²) in [6, 6.07) is 14.7. The summed E-state index contributed by atoms with van der Waals surface area (Å²) >= 11 is 0. The van der Waals surface area contributed by atoms with E-state index >= 15 is 0 Å². The van der Waals surface area contributed by atoms with E-state index in [-0.39, 0.29) is 17.9 Å². The third-order valence-electron chi connectivity index (χ3n) is 4.36. The molecule has 2 aromatic carbocycles. The second-order valence-corrected chi connectivity index (χ2v) is 6.24. The number of amides is 2.